The Bertz CT molecular complexity index is 502. The van der Waals surface area contributed by atoms with Gasteiger partial charge in [0.2, 0.25) is 0 Å². The Balaban J connectivity index is 1.52. The summed E-state index contributed by atoms with van der Waals surface area (Å²) in [7, 11) is 3.85. The lowest BCUT2D eigenvalue weighted by molar-refractivity contribution is 0.168. The number of hydrogen-bond acceptors (Lipinski definition) is 3. The second kappa shape index (κ2) is 7.13. The van der Waals surface area contributed by atoms with Crippen LogP contribution in [-0.4, -0.2) is 64.8 Å². The van der Waals surface area contributed by atoms with Gasteiger partial charge < -0.3 is 10.2 Å². The number of guanidine groups is 1. The molecule has 2 fully saturated rings. The highest BCUT2D eigenvalue weighted by Gasteiger charge is 2.29. The summed E-state index contributed by atoms with van der Waals surface area (Å²) in [5, 5.41) is 7.68. The van der Waals surface area contributed by atoms with Crippen LogP contribution in [0.1, 0.15) is 31.4 Å². The minimum atomic E-state index is 0.704. The number of likely N-dealkylation sites (tertiary alicyclic amines) is 2. The normalized spacial score (nSPS) is 24.0. The van der Waals surface area contributed by atoms with Crippen LogP contribution in [0, 0.1) is 0 Å². The zero-order valence-electron chi connectivity index (χ0n) is 13.8. The Kier molecular flexibility index (Phi) is 4.97. The van der Waals surface area contributed by atoms with Crippen LogP contribution in [0.3, 0.4) is 0 Å². The van der Waals surface area contributed by atoms with Crippen molar-refractivity contribution in [3.8, 4) is 0 Å². The number of aryl methyl sites for hydroxylation is 1. The molecular formula is C16H28N6. The van der Waals surface area contributed by atoms with Crippen LogP contribution in [-0.2, 0) is 13.6 Å². The minimum Gasteiger partial charge on any atom is -0.351 e. The molecule has 1 aromatic rings. The highest BCUT2D eigenvalue weighted by atomic mass is 15.3. The van der Waals surface area contributed by atoms with Crippen LogP contribution < -0.4 is 5.32 Å². The van der Waals surface area contributed by atoms with Crippen LogP contribution in [0.25, 0.3) is 0 Å². The van der Waals surface area contributed by atoms with Gasteiger partial charge in [-0.2, -0.15) is 5.10 Å². The fraction of sp³-hybridized carbons (Fsp3) is 0.750. The number of aromatic nitrogens is 2. The molecule has 6 nitrogen and oxygen atoms in total. The minimum absolute atomic E-state index is 0.704. The van der Waals surface area contributed by atoms with Gasteiger partial charge >= 0.3 is 0 Å². The molecule has 1 atom stereocenters. The molecule has 2 saturated heterocycles. The van der Waals surface area contributed by atoms with E-state index >= 15 is 0 Å². The van der Waals surface area contributed by atoms with Gasteiger partial charge in [0.1, 0.15) is 0 Å². The van der Waals surface area contributed by atoms with Gasteiger partial charge in [-0.15, -0.1) is 0 Å². The van der Waals surface area contributed by atoms with Crippen molar-refractivity contribution in [3.05, 3.63) is 18.0 Å². The van der Waals surface area contributed by atoms with Gasteiger partial charge in [-0.1, -0.05) is 6.42 Å². The first kappa shape index (κ1) is 15.3. The van der Waals surface area contributed by atoms with Crippen LogP contribution in [0.15, 0.2) is 17.3 Å². The molecule has 0 bridgehead atoms. The molecule has 0 aromatic carbocycles. The van der Waals surface area contributed by atoms with Crippen molar-refractivity contribution in [3.63, 3.8) is 0 Å². The topological polar surface area (TPSA) is 48.7 Å². The van der Waals surface area contributed by atoms with Crippen LogP contribution in [0.4, 0.5) is 0 Å². The molecule has 0 saturated carbocycles. The smallest absolute Gasteiger partial charge is 0.194 e. The van der Waals surface area contributed by atoms with Crippen molar-refractivity contribution in [2.75, 3.05) is 33.2 Å². The Labute approximate surface area is 133 Å². The summed E-state index contributed by atoms with van der Waals surface area (Å²) in [5.74, 6) is 1.01. The summed E-state index contributed by atoms with van der Waals surface area (Å²) in [6.45, 7) is 5.53. The Morgan fingerprint density at radius 2 is 2.14 bits per heavy atom. The number of nitrogens with one attached hydrogen (secondary N) is 1. The summed E-state index contributed by atoms with van der Waals surface area (Å²) in [5.41, 5.74) is 1.17. The molecule has 1 aromatic heterocycles. The summed E-state index contributed by atoms with van der Waals surface area (Å²) in [6, 6.07) is 2.75. The van der Waals surface area contributed by atoms with Gasteiger partial charge in [0.25, 0.3) is 0 Å². The maximum Gasteiger partial charge on any atom is 0.194 e. The van der Waals surface area contributed by atoms with Crippen LogP contribution in [0.5, 0.6) is 0 Å². The zero-order chi connectivity index (χ0) is 15.4. The number of piperidine rings is 1. The molecule has 3 rings (SSSR count). The highest BCUT2D eigenvalue weighted by molar-refractivity contribution is 5.80. The molecule has 1 unspecified atom stereocenters. The van der Waals surface area contributed by atoms with Crippen molar-refractivity contribution >= 4 is 5.96 Å². The van der Waals surface area contributed by atoms with E-state index in [-0.39, 0.29) is 0 Å². The summed E-state index contributed by atoms with van der Waals surface area (Å²) in [4.78, 5) is 9.54. The molecule has 1 N–H and O–H groups in total. The molecule has 6 heteroatoms. The standard InChI is InChI=1S/C16H28N6/c1-17-16(18-12-14-6-8-19-20(14)2)22-11-7-15(13-22)21-9-4-3-5-10-21/h6,8,15H,3-5,7,9-13H2,1-2H3,(H,17,18). The average Bonchev–Trinajstić information content (AvgIpc) is 3.19. The first-order valence-electron chi connectivity index (χ1n) is 8.44. The van der Waals surface area contributed by atoms with E-state index in [9.17, 15) is 0 Å². The lowest BCUT2D eigenvalue weighted by Crippen LogP contribution is -2.44. The molecular weight excluding hydrogens is 276 g/mol. The maximum absolute atomic E-state index is 4.46. The maximum atomic E-state index is 4.46. The van der Waals surface area contributed by atoms with Crippen molar-refractivity contribution in [1.82, 2.24) is 24.9 Å². The van der Waals surface area contributed by atoms with Crippen molar-refractivity contribution in [1.29, 1.82) is 0 Å². The van der Waals surface area contributed by atoms with E-state index < -0.39 is 0 Å². The monoisotopic (exact) mass is 304 g/mol. The third-order valence-electron chi connectivity index (χ3n) is 4.93. The van der Waals surface area contributed by atoms with Gasteiger partial charge in [0.15, 0.2) is 5.96 Å². The van der Waals surface area contributed by atoms with Gasteiger partial charge in [-0.05, 0) is 38.4 Å². The third kappa shape index (κ3) is 3.43. The van der Waals surface area contributed by atoms with E-state index in [2.05, 4.69) is 25.2 Å². The molecule has 3 heterocycles. The van der Waals surface area contributed by atoms with E-state index in [1.54, 1.807) is 0 Å². The summed E-state index contributed by atoms with van der Waals surface area (Å²) < 4.78 is 1.90. The zero-order valence-corrected chi connectivity index (χ0v) is 13.8. The largest absolute Gasteiger partial charge is 0.351 e. The van der Waals surface area contributed by atoms with Gasteiger partial charge in [0, 0.05) is 39.4 Å². The molecule has 0 radical (unpaired) electrons. The molecule has 2 aliphatic heterocycles. The predicted octanol–water partition coefficient (Wildman–Crippen LogP) is 1.06. The molecule has 0 aliphatic carbocycles. The second-order valence-corrected chi connectivity index (χ2v) is 6.33. The molecule has 22 heavy (non-hydrogen) atoms. The number of rotatable bonds is 3. The fourth-order valence-corrected chi connectivity index (χ4v) is 3.59. The molecule has 122 valence electrons. The Hall–Kier alpha value is -1.56. The molecule has 0 spiro atoms. The van der Waals surface area contributed by atoms with E-state index in [1.807, 2.05) is 31.0 Å². The van der Waals surface area contributed by atoms with E-state index in [0.717, 1.165) is 25.6 Å². The van der Waals surface area contributed by atoms with Crippen molar-refractivity contribution < 1.29 is 0 Å². The first-order valence-corrected chi connectivity index (χ1v) is 8.44. The van der Waals surface area contributed by atoms with Gasteiger partial charge in [-0.25, -0.2) is 0 Å². The van der Waals surface area contributed by atoms with Crippen molar-refractivity contribution in [2.45, 2.75) is 38.3 Å². The number of aliphatic imine (C=N–C) groups is 1. The SMILES string of the molecule is CN=C(NCc1ccnn1C)N1CCC(N2CCCCC2)C1. The Morgan fingerprint density at radius 3 is 2.82 bits per heavy atom. The van der Waals surface area contributed by atoms with Crippen LogP contribution in [0.2, 0.25) is 0 Å². The first-order chi connectivity index (χ1) is 10.8. The summed E-state index contributed by atoms with van der Waals surface area (Å²) >= 11 is 0. The van der Waals surface area contributed by atoms with Gasteiger partial charge in [0.05, 0.1) is 12.2 Å². The third-order valence-corrected chi connectivity index (χ3v) is 4.93. The van der Waals surface area contributed by atoms with Crippen LogP contribution >= 0.6 is 0 Å². The lowest BCUT2D eigenvalue weighted by atomic mass is 10.1. The van der Waals surface area contributed by atoms with E-state index in [0.29, 0.717) is 6.04 Å². The Morgan fingerprint density at radius 1 is 1.32 bits per heavy atom. The molecule has 2 aliphatic rings. The van der Waals surface area contributed by atoms with E-state index in [1.165, 1.54) is 44.5 Å². The second-order valence-electron chi connectivity index (χ2n) is 6.33. The van der Waals surface area contributed by atoms with Crippen molar-refractivity contribution in [2.24, 2.45) is 12.0 Å². The van der Waals surface area contributed by atoms with E-state index in [4.69, 9.17) is 0 Å². The quantitative estimate of drug-likeness (QED) is 0.670. The number of nitrogens with zero attached hydrogens (tertiary/aromatic N) is 5. The molecule has 0 amide bonds. The predicted molar refractivity (Wildman–Crippen MR) is 88.8 cm³/mol. The average molecular weight is 304 g/mol. The lowest BCUT2D eigenvalue weighted by Gasteiger charge is -2.32. The fourth-order valence-electron chi connectivity index (χ4n) is 3.59. The van der Waals surface area contributed by atoms with Gasteiger partial charge in [-0.3, -0.25) is 14.6 Å². The number of hydrogen-bond donors (Lipinski definition) is 1. The summed E-state index contributed by atoms with van der Waals surface area (Å²) in [6.07, 6.45) is 7.23. The highest BCUT2D eigenvalue weighted by Crippen LogP contribution is 2.20.